The van der Waals surface area contributed by atoms with Crippen LogP contribution in [0.15, 0.2) is 48.5 Å². The molecule has 1 saturated heterocycles. The summed E-state index contributed by atoms with van der Waals surface area (Å²) in [6.07, 6.45) is 2.22. The minimum atomic E-state index is -0.521. The molecule has 0 saturated carbocycles. The van der Waals surface area contributed by atoms with Crippen LogP contribution >= 0.6 is 12.4 Å². The summed E-state index contributed by atoms with van der Waals surface area (Å²) in [5.74, 6) is -1.14. The molecule has 1 heterocycles. The molecule has 3 rings (SSSR count). The number of primary amides is 1. The van der Waals surface area contributed by atoms with Crippen molar-refractivity contribution in [2.45, 2.75) is 25.8 Å². The fourth-order valence-electron chi connectivity index (χ4n) is 3.40. The first-order chi connectivity index (χ1) is 13.0. The minimum Gasteiger partial charge on any atom is -0.370 e. The van der Waals surface area contributed by atoms with Crippen molar-refractivity contribution in [2.75, 3.05) is 23.3 Å². The molecule has 7 heteroatoms. The minimum absolute atomic E-state index is 0. The predicted molar refractivity (Wildman–Crippen MR) is 115 cm³/mol. The highest BCUT2D eigenvalue weighted by atomic mass is 35.5. The molecule has 0 radical (unpaired) electrons. The monoisotopic (exact) mass is 402 g/mol. The topological polar surface area (TPSA) is 101 Å². The summed E-state index contributed by atoms with van der Waals surface area (Å²) in [4.78, 5) is 26.6. The third-order valence-electron chi connectivity index (χ3n) is 5.12. The Kier molecular flexibility index (Phi) is 7.43. The molecule has 0 aromatic heterocycles. The van der Waals surface area contributed by atoms with Crippen molar-refractivity contribution in [1.82, 2.24) is 0 Å². The highest BCUT2D eigenvalue weighted by molar-refractivity contribution is 6.00. The maximum Gasteiger partial charge on any atom is 0.248 e. The number of amides is 2. The predicted octanol–water partition coefficient (Wildman–Crippen LogP) is 3.08. The number of nitrogens with one attached hydrogen (secondary N) is 1. The molecule has 1 aliphatic rings. The Bertz CT molecular complexity index is 822. The van der Waals surface area contributed by atoms with Crippen molar-refractivity contribution < 1.29 is 9.59 Å². The molecule has 6 nitrogen and oxygen atoms in total. The van der Waals surface area contributed by atoms with Crippen LogP contribution in [0.25, 0.3) is 0 Å². The van der Waals surface area contributed by atoms with Crippen LogP contribution < -0.4 is 21.7 Å². The van der Waals surface area contributed by atoms with Crippen LogP contribution in [0.2, 0.25) is 0 Å². The van der Waals surface area contributed by atoms with E-state index in [2.05, 4.69) is 10.2 Å². The van der Waals surface area contributed by atoms with Crippen LogP contribution in [-0.4, -0.2) is 24.9 Å². The number of halogens is 1. The van der Waals surface area contributed by atoms with Gasteiger partial charge in [-0.05, 0) is 36.6 Å². The number of benzene rings is 2. The molecule has 0 aliphatic carbocycles. The zero-order chi connectivity index (χ0) is 19.4. The highest BCUT2D eigenvalue weighted by Crippen LogP contribution is 2.31. The summed E-state index contributed by atoms with van der Waals surface area (Å²) in [6, 6.07) is 14.3. The molecule has 2 aromatic rings. The van der Waals surface area contributed by atoms with Crippen molar-refractivity contribution in [3.8, 4) is 0 Å². The van der Waals surface area contributed by atoms with Gasteiger partial charge in [-0.3, -0.25) is 9.59 Å². The molecule has 2 unspecified atom stereocenters. The van der Waals surface area contributed by atoms with Gasteiger partial charge < -0.3 is 21.7 Å². The molecule has 2 amide bonds. The van der Waals surface area contributed by atoms with Crippen molar-refractivity contribution in [3.05, 3.63) is 59.7 Å². The van der Waals surface area contributed by atoms with E-state index in [0.717, 1.165) is 37.2 Å². The second-order valence-corrected chi connectivity index (χ2v) is 7.00. The first-order valence-electron chi connectivity index (χ1n) is 9.27. The second-order valence-electron chi connectivity index (χ2n) is 7.00. The van der Waals surface area contributed by atoms with Crippen LogP contribution in [-0.2, 0) is 4.79 Å². The quantitative estimate of drug-likeness (QED) is 0.690. The van der Waals surface area contributed by atoms with Gasteiger partial charge in [0, 0.05) is 24.7 Å². The van der Waals surface area contributed by atoms with E-state index >= 15 is 0 Å². The Balaban J connectivity index is 0.00000280. The summed E-state index contributed by atoms with van der Waals surface area (Å²) in [6.45, 7) is 3.66. The normalized spacial score (nSPS) is 15.4. The van der Waals surface area contributed by atoms with Crippen LogP contribution in [0.4, 0.5) is 11.4 Å². The molecule has 2 aromatic carbocycles. The third kappa shape index (κ3) is 4.82. The largest absolute Gasteiger partial charge is 0.370 e. The number of hydrogen-bond acceptors (Lipinski definition) is 4. The summed E-state index contributed by atoms with van der Waals surface area (Å²) in [5.41, 5.74) is 14.5. The highest BCUT2D eigenvalue weighted by Gasteiger charge is 2.24. The molecule has 1 aliphatic heterocycles. The number of anilines is 2. The smallest absolute Gasteiger partial charge is 0.248 e. The molecule has 150 valence electrons. The Hall–Kier alpha value is -2.57. The van der Waals surface area contributed by atoms with Crippen LogP contribution in [0, 0.1) is 5.92 Å². The van der Waals surface area contributed by atoms with Crippen molar-refractivity contribution in [2.24, 2.45) is 17.4 Å². The van der Waals surface area contributed by atoms with E-state index in [-0.39, 0.29) is 18.3 Å². The van der Waals surface area contributed by atoms with Gasteiger partial charge in [-0.2, -0.15) is 0 Å². The Morgan fingerprint density at radius 2 is 1.71 bits per heavy atom. The first kappa shape index (κ1) is 21.7. The first-order valence-corrected chi connectivity index (χ1v) is 9.27. The summed E-state index contributed by atoms with van der Waals surface area (Å²) in [5, 5.41) is 2.96. The van der Waals surface area contributed by atoms with E-state index < -0.39 is 17.9 Å². The maximum atomic E-state index is 12.8. The summed E-state index contributed by atoms with van der Waals surface area (Å²) in [7, 11) is 0. The fraction of sp³-hybridized carbons (Fsp3) is 0.333. The second kappa shape index (κ2) is 9.57. The van der Waals surface area contributed by atoms with Gasteiger partial charge in [0.1, 0.15) is 0 Å². The van der Waals surface area contributed by atoms with Gasteiger partial charge in [0.25, 0.3) is 0 Å². The Morgan fingerprint density at radius 1 is 1.07 bits per heavy atom. The van der Waals surface area contributed by atoms with Gasteiger partial charge in [-0.25, -0.2) is 0 Å². The number of carbonyl (C=O) groups excluding carboxylic acids is 2. The Labute approximate surface area is 171 Å². The van der Waals surface area contributed by atoms with Crippen molar-refractivity contribution in [1.29, 1.82) is 0 Å². The standard InChI is InChI=1S/C21H26N4O2.ClH/c1-14(19(22)15-7-3-2-4-8-15)21(27)24-17-13-16(20(23)26)9-10-18(17)25-11-5-6-12-25;/h2-4,7-10,13-14,19H,5-6,11-12,22H2,1H3,(H2,23,26)(H,24,27);1H. The maximum absolute atomic E-state index is 12.8. The zero-order valence-corrected chi connectivity index (χ0v) is 16.7. The lowest BCUT2D eigenvalue weighted by atomic mass is 9.94. The van der Waals surface area contributed by atoms with E-state index in [0.29, 0.717) is 11.3 Å². The number of nitrogens with two attached hydrogens (primary N) is 2. The number of carbonyl (C=O) groups is 2. The lowest BCUT2D eigenvalue weighted by molar-refractivity contribution is -0.120. The zero-order valence-electron chi connectivity index (χ0n) is 15.9. The van der Waals surface area contributed by atoms with Crippen LogP contribution in [0.1, 0.15) is 41.7 Å². The van der Waals surface area contributed by atoms with E-state index in [1.165, 1.54) is 0 Å². The van der Waals surface area contributed by atoms with Gasteiger partial charge in [0.15, 0.2) is 0 Å². The fourth-order valence-corrected chi connectivity index (χ4v) is 3.40. The number of nitrogens with zero attached hydrogens (tertiary/aromatic N) is 1. The molecule has 0 bridgehead atoms. The summed E-state index contributed by atoms with van der Waals surface area (Å²) >= 11 is 0. The SMILES string of the molecule is CC(C(=O)Nc1cc(C(N)=O)ccc1N1CCCC1)C(N)c1ccccc1.Cl. The Morgan fingerprint density at radius 3 is 2.32 bits per heavy atom. The summed E-state index contributed by atoms with van der Waals surface area (Å²) < 4.78 is 0. The molecular formula is C21H27ClN4O2. The molecule has 5 N–H and O–H groups in total. The van der Waals surface area contributed by atoms with E-state index in [9.17, 15) is 9.59 Å². The molecular weight excluding hydrogens is 376 g/mol. The molecule has 28 heavy (non-hydrogen) atoms. The van der Waals surface area contributed by atoms with Crippen molar-refractivity contribution in [3.63, 3.8) is 0 Å². The number of rotatable bonds is 6. The van der Waals surface area contributed by atoms with Crippen molar-refractivity contribution >= 4 is 35.6 Å². The van der Waals surface area contributed by atoms with Gasteiger partial charge in [0.2, 0.25) is 11.8 Å². The van der Waals surface area contributed by atoms with Gasteiger partial charge in [0.05, 0.1) is 17.3 Å². The van der Waals surface area contributed by atoms with E-state index in [1.54, 1.807) is 19.1 Å². The number of hydrogen-bond donors (Lipinski definition) is 3. The lowest BCUT2D eigenvalue weighted by Gasteiger charge is -2.24. The molecule has 0 spiro atoms. The molecule has 1 fully saturated rings. The average Bonchev–Trinajstić information content (AvgIpc) is 3.21. The van der Waals surface area contributed by atoms with Gasteiger partial charge in [-0.1, -0.05) is 37.3 Å². The van der Waals surface area contributed by atoms with Gasteiger partial charge >= 0.3 is 0 Å². The van der Waals surface area contributed by atoms with Crippen LogP contribution in [0.3, 0.4) is 0 Å². The molecule has 2 atom stereocenters. The average molecular weight is 403 g/mol. The van der Waals surface area contributed by atoms with E-state index in [1.807, 2.05) is 36.4 Å². The van der Waals surface area contributed by atoms with Gasteiger partial charge in [-0.15, -0.1) is 12.4 Å². The van der Waals surface area contributed by atoms with Crippen LogP contribution in [0.5, 0.6) is 0 Å². The van der Waals surface area contributed by atoms with E-state index in [4.69, 9.17) is 11.5 Å². The third-order valence-corrected chi connectivity index (χ3v) is 5.12. The lowest BCUT2D eigenvalue weighted by Crippen LogP contribution is -2.31.